The molecule has 0 aromatic carbocycles. The maximum Gasteiger partial charge on any atom is 0 e. The zero-order valence-electron chi connectivity index (χ0n) is 3.15. The molecule has 0 aliphatic rings. The van der Waals surface area contributed by atoms with Crippen LogP contribution in [-0.2, 0) is 18.6 Å². The maximum absolute atomic E-state index is 2.12. The summed E-state index contributed by atoms with van der Waals surface area (Å²) in [7, 11) is 0. The Labute approximate surface area is 46.8 Å². The van der Waals surface area contributed by atoms with E-state index in [1.165, 1.54) is 6.42 Å². The molecule has 0 atom stereocenters. The minimum Gasteiger partial charge on any atom is -0.0776 e. The van der Waals surface area contributed by atoms with Gasteiger partial charge >= 0.3 is 0 Å². The summed E-state index contributed by atoms with van der Waals surface area (Å²) >= 11 is 0. The van der Waals surface area contributed by atoms with Crippen molar-refractivity contribution >= 4 is 0 Å². The first kappa shape index (κ1) is 17.6. The zero-order chi connectivity index (χ0) is 2.71. The smallest absolute Gasteiger partial charge is 0 e. The predicted molar refractivity (Wildman–Crippen MR) is 22.7 cm³/mol. The fourth-order valence-electron chi connectivity index (χ4n) is 0. The number of rotatable bonds is 0. The molecule has 0 fully saturated rings. The molecule has 0 N–H and O–H groups in total. The van der Waals surface area contributed by atoms with E-state index in [-0.39, 0.29) is 26.0 Å². The van der Waals surface area contributed by atoms with Crippen molar-refractivity contribution in [1.29, 1.82) is 0 Å². The van der Waals surface area contributed by atoms with Gasteiger partial charge in [-0.1, -0.05) is 27.7 Å². The molecule has 33 valence electrons. The van der Waals surface area contributed by atoms with Crippen LogP contribution in [0, 0.1) is 0 Å². The Morgan fingerprint density at radius 2 is 1.20 bits per heavy atom. The molecule has 0 aromatic heterocycles. The van der Waals surface area contributed by atoms with Gasteiger partial charge in [-0.25, -0.2) is 0 Å². The van der Waals surface area contributed by atoms with E-state index in [9.17, 15) is 0 Å². The van der Waals surface area contributed by atoms with Gasteiger partial charge in [0.15, 0.2) is 0 Å². The zero-order valence-corrected chi connectivity index (χ0v) is 4.55. The van der Waals surface area contributed by atoms with Crippen molar-refractivity contribution in [3.05, 3.63) is 0 Å². The molecule has 0 unspecified atom stereocenters. The summed E-state index contributed by atoms with van der Waals surface area (Å²) in [5, 5.41) is 0. The van der Waals surface area contributed by atoms with Crippen molar-refractivity contribution in [3.63, 3.8) is 0 Å². The van der Waals surface area contributed by atoms with Crippen molar-refractivity contribution in [3.8, 4) is 0 Å². The van der Waals surface area contributed by atoms with Gasteiger partial charge in [-0.2, -0.15) is 0 Å². The molecule has 1 radical (unpaired) electrons. The van der Waals surface area contributed by atoms with Crippen molar-refractivity contribution in [2.45, 2.75) is 27.7 Å². The molecule has 0 heterocycles. The van der Waals surface area contributed by atoms with Gasteiger partial charge in [0.05, 0.1) is 0 Å². The number of hydrogen-bond donors (Lipinski definition) is 0. The Morgan fingerprint density at radius 1 is 1.20 bits per heavy atom. The Kier molecular flexibility index (Phi) is 82.5. The molecular formula is C4H12V. The minimum absolute atomic E-state index is 0. The molecule has 0 aliphatic heterocycles. The molecule has 0 aromatic rings. The Balaban J connectivity index is -0.0000000200. The molecule has 0 rings (SSSR count). The fraction of sp³-hybridized carbons (Fsp3) is 1.00. The van der Waals surface area contributed by atoms with Crippen LogP contribution in [0.1, 0.15) is 27.7 Å². The van der Waals surface area contributed by atoms with Crippen LogP contribution < -0.4 is 0 Å². The van der Waals surface area contributed by atoms with E-state index in [1.54, 1.807) is 0 Å². The average molecular weight is 111 g/mol. The molecule has 0 saturated carbocycles. The molecule has 1 heteroatoms. The monoisotopic (exact) mass is 111 g/mol. The van der Waals surface area contributed by atoms with E-state index in [0.717, 1.165) is 0 Å². The molecule has 0 nitrogen and oxygen atoms in total. The van der Waals surface area contributed by atoms with E-state index in [2.05, 4.69) is 13.8 Å². The number of hydrogen-bond acceptors (Lipinski definition) is 0. The summed E-state index contributed by atoms with van der Waals surface area (Å²) in [4.78, 5) is 0. The summed E-state index contributed by atoms with van der Waals surface area (Å²) in [5.74, 6) is 0. The van der Waals surface area contributed by atoms with Gasteiger partial charge in [0.2, 0.25) is 0 Å². The third-order valence-corrected chi connectivity index (χ3v) is 0. The quantitative estimate of drug-likeness (QED) is 0.448. The molecule has 0 bridgehead atoms. The second-order valence-corrected chi connectivity index (χ2v) is 0.707. The van der Waals surface area contributed by atoms with Gasteiger partial charge < -0.3 is 0 Å². The van der Waals surface area contributed by atoms with Gasteiger partial charge in [0, 0.05) is 18.6 Å². The summed E-state index contributed by atoms with van der Waals surface area (Å²) in [6.07, 6.45) is 1.25. The van der Waals surface area contributed by atoms with E-state index in [4.69, 9.17) is 0 Å². The van der Waals surface area contributed by atoms with Crippen LogP contribution in [0.5, 0.6) is 0 Å². The second-order valence-electron chi connectivity index (χ2n) is 0.707. The average Bonchev–Trinajstić information content (AvgIpc) is 0.918. The van der Waals surface area contributed by atoms with Gasteiger partial charge in [0.25, 0.3) is 0 Å². The minimum atomic E-state index is 0. The van der Waals surface area contributed by atoms with Crippen LogP contribution in [0.15, 0.2) is 0 Å². The van der Waals surface area contributed by atoms with Gasteiger partial charge in [-0.05, 0) is 0 Å². The predicted octanol–water partition coefficient (Wildman–Crippen LogP) is 2.05. The van der Waals surface area contributed by atoms with Crippen LogP contribution in [0.2, 0.25) is 0 Å². The normalized spacial score (nSPS) is 3.60. The third-order valence-electron chi connectivity index (χ3n) is 0. The first-order valence-electron chi connectivity index (χ1n) is 1.41. The molecule has 0 saturated heterocycles. The Morgan fingerprint density at radius 3 is 1.20 bits per heavy atom. The second kappa shape index (κ2) is 23.5. The summed E-state index contributed by atoms with van der Waals surface area (Å²) in [6, 6.07) is 0. The third kappa shape index (κ3) is 89.7. The van der Waals surface area contributed by atoms with Crippen molar-refractivity contribution in [1.82, 2.24) is 0 Å². The first-order chi connectivity index (χ1) is 1.41. The van der Waals surface area contributed by atoms with E-state index < -0.39 is 0 Å². The SMILES string of the molecule is C.CCC.[V]. The molecule has 0 aliphatic carbocycles. The molecule has 0 amide bonds. The topological polar surface area (TPSA) is 0 Å². The summed E-state index contributed by atoms with van der Waals surface area (Å²) in [5.41, 5.74) is 0. The van der Waals surface area contributed by atoms with Crippen LogP contribution >= 0.6 is 0 Å². The van der Waals surface area contributed by atoms with Crippen LogP contribution in [-0.4, -0.2) is 0 Å². The van der Waals surface area contributed by atoms with Crippen molar-refractivity contribution in [2.75, 3.05) is 0 Å². The van der Waals surface area contributed by atoms with Crippen LogP contribution in [0.25, 0.3) is 0 Å². The summed E-state index contributed by atoms with van der Waals surface area (Å²) in [6.45, 7) is 4.25. The van der Waals surface area contributed by atoms with Crippen LogP contribution in [0.4, 0.5) is 0 Å². The van der Waals surface area contributed by atoms with Crippen molar-refractivity contribution < 1.29 is 18.6 Å². The van der Waals surface area contributed by atoms with E-state index >= 15 is 0 Å². The first-order valence-corrected chi connectivity index (χ1v) is 1.41. The largest absolute Gasteiger partial charge is 0.0776 e. The van der Waals surface area contributed by atoms with Gasteiger partial charge in [-0.15, -0.1) is 0 Å². The van der Waals surface area contributed by atoms with E-state index in [1.807, 2.05) is 0 Å². The van der Waals surface area contributed by atoms with Gasteiger partial charge in [0.1, 0.15) is 0 Å². The van der Waals surface area contributed by atoms with Crippen molar-refractivity contribution in [2.24, 2.45) is 0 Å². The van der Waals surface area contributed by atoms with Crippen LogP contribution in [0.3, 0.4) is 0 Å². The fourth-order valence-corrected chi connectivity index (χ4v) is 0. The maximum atomic E-state index is 2.12. The molecule has 5 heavy (non-hydrogen) atoms. The summed E-state index contributed by atoms with van der Waals surface area (Å²) < 4.78 is 0. The standard InChI is InChI=1S/C3H8.CH4.V/c1-3-2;;/h3H2,1-2H3;1H4;. The Hall–Kier alpha value is 0.584. The van der Waals surface area contributed by atoms with E-state index in [0.29, 0.717) is 0 Å². The Bertz CT molecular complexity index is 3.61. The van der Waals surface area contributed by atoms with Gasteiger partial charge in [-0.3, -0.25) is 0 Å². The molecule has 0 spiro atoms. The molecular weight excluding hydrogens is 99.0 g/mol.